The Balaban J connectivity index is 2.65. The van der Waals surface area contributed by atoms with Gasteiger partial charge in [-0.05, 0) is 12.8 Å². The van der Waals surface area contributed by atoms with Crippen LogP contribution in [0.15, 0.2) is 0 Å². The molecule has 17 heavy (non-hydrogen) atoms. The van der Waals surface area contributed by atoms with Crippen molar-refractivity contribution in [2.75, 3.05) is 0 Å². The zero-order valence-electron chi connectivity index (χ0n) is 9.09. The summed E-state index contributed by atoms with van der Waals surface area (Å²) in [6.45, 7) is 0. The maximum absolute atomic E-state index is 12.0. The number of sulfonamides is 1. The van der Waals surface area contributed by atoms with Crippen LogP contribution in [0.2, 0.25) is 0 Å². The normalized spacial score (nSPS) is 19.7. The molecule has 1 aliphatic carbocycles. The molecule has 0 aliphatic heterocycles. The third kappa shape index (κ3) is 3.86. The minimum absolute atomic E-state index is 0.444. The molecular weight excluding hydrogens is 259 g/mol. The summed E-state index contributed by atoms with van der Waals surface area (Å²) < 4.78 is 58.7. The van der Waals surface area contributed by atoms with Crippen LogP contribution in [0.1, 0.15) is 38.5 Å². The standard InChI is InChI=1S/C9H14F3NO3S/c10-9(11,12)17(15,16)13-8(14)7-5-3-1-2-4-6-7/h7H,1-6H2,(H,13,14). The van der Waals surface area contributed by atoms with Crippen molar-refractivity contribution in [1.82, 2.24) is 4.72 Å². The van der Waals surface area contributed by atoms with E-state index in [2.05, 4.69) is 0 Å². The van der Waals surface area contributed by atoms with Gasteiger partial charge in [-0.3, -0.25) is 4.79 Å². The third-order valence-electron chi connectivity index (χ3n) is 2.77. The SMILES string of the molecule is O=C(NS(=O)(=O)C(F)(F)F)C1CCCCCC1. The van der Waals surface area contributed by atoms with Crippen molar-refractivity contribution in [2.45, 2.75) is 44.0 Å². The monoisotopic (exact) mass is 273 g/mol. The van der Waals surface area contributed by atoms with Crippen molar-refractivity contribution in [3.05, 3.63) is 0 Å². The largest absolute Gasteiger partial charge is 0.516 e. The molecule has 0 aromatic carbocycles. The fourth-order valence-electron chi connectivity index (χ4n) is 1.82. The summed E-state index contributed by atoms with van der Waals surface area (Å²) in [5.41, 5.74) is -5.44. The topological polar surface area (TPSA) is 63.2 Å². The fourth-order valence-corrected chi connectivity index (χ4v) is 2.36. The highest BCUT2D eigenvalue weighted by molar-refractivity contribution is 7.90. The molecule has 1 saturated carbocycles. The lowest BCUT2D eigenvalue weighted by molar-refractivity contribution is -0.124. The zero-order chi connectivity index (χ0) is 13.1. The van der Waals surface area contributed by atoms with Gasteiger partial charge in [0.05, 0.1) is 0 Å². The second kappa shape index (κ2) is 5.24. The van der Waals surface area contributed by atoms with E-state index in [9.17, 15) is 26.4 Å². The Morgan fingerprint density at radius 2 is 1.53 bits per heavy atom. The number of hydrogen-bond donors (Lipinski definition) is 1. The van der Waals surface area contributed by atoms with Crippen molar-refractivity contribution in [1.29, 1.82) is 0 Å². The fraction of sp³-hybridized carbons (Fsp3) is 0.889. The highest BCUT2D eigenvalue weighted by Gasteiger charge is 2.47. The second-order valence-electron chi connectivity index (χ2n) is 4.10. The molecule has 4 nitrogen and oxygen atoms in total. The molecule has 0 unspecified atom stereocenters. The first-order chi connectivity index (χ1) is 7.74. The summed E-state index contributed by atoms with van der Waals surface area (Å²) in [5.74, 6) is -1.67. The highest BCUT2D eigenvalue weighted by Crippen LogP contribution is 2.25. The number of carbonyl (C=O) groups excluding carboxylic acids is 1. The van der Waals surface area contributed by atoms with E-state index in [1.165, 1.54) is 0 Å². The average molecular weight is 273 g/mol. The Morgan fingerprint density at radius 3 is 1.94 bits per heavy atom. The average Bonchev–Trinajstić information content (AvgIpc) is 2.42. The van der Waals surface area contributed by atoms with Crippen LogP contribution in [0.25, 0.3) is 0 Å². The van der Waals surface area contributed by atoms with Gasteiger partial charge in [0.2, 0.25) is 5.91 Å². The lowest BCUT2D eigenvalue weighted by Gasteiger charge is -2.15. The maximum atomic E-state index is 12.0. The van der Waals surface area contributed by atoms with E-state index >= 15 is 0 Å². The Hall–Kier alpha value is -0.790. The van der Waals surface area contributed by atoms with Gasteiger partial charge in [-0.2, -0.15) is 21.6 Å². The maximum Gasteiger partial charge on any atom is 0.516 e. The van der Waals surface area contributed by atoms with Gasteiger partial charge < -0.3 is 0 Å². The zero-order valence-corrected chi connectivity index (χ0v) is 9.90. The van der Waals surface area contributed by atoms with Crippen molar-refractivity contribution >= 4 is 15.9 Å². The Bertz CT molecular complexity index is 369. The quantitative estimate of drug-likeness (QED) is 0.782. The van der Waals surface area contributed by atoms with Gasteiger partial charge in [0.25, 0.3) is 0 Å². The van der Waals surface area contributed by atoms with Gasteiger partial charge in [-0.25, -0.2) is 4.72 Å². The molecule has 0 aromatic rings. The molecule has 0 aromatic heterocycles. The lowest BCUT2D eigenvalue weighted by atomic mass is 10.0. The van der Waals surface area contributed by atoms with Crippen LogP contribution in [-0.2, 0) is 14.8 Å². The smallest absolute Gasteiger partial charge is 0.274 e. The molecule has 0 radical (unpaired) electrons. The molecule has 8 heteroatoms. The van der Waals surface area contributed by atoms with Crippen LogP contribution in [0, 0.1) is 5.92 Å². The summed E-state index contributed by atoms with van der Waals surface area (Å²) in [6, 6.07) is 0. The number of carbonyl (C=O) groups is 1. The van der Waals surface area contributed by atoms with Gasteiger partial charge in [0.15, 0.2) is 0 Å². The number of rotatable bonds is 2. The minimum atomic E-state index is -5.56. The van der Waals surface area contributed by atoms with E-state index in [0.29, 0.717) is 12.8 Å². The first-order valence-electron chi connectivity index (χ1n) is 5.37. The molecule has 1 fully saturated rings. The van der Waals surface area contributed by atoms with Gasteiger partial charge in [0.1, 0.15) is 0 Å². The molecule has 1 rings (SSSR count). The van der Waals surface area contributed by atoms with Crippen LogP contribution < -0.4 is 4.72 Å². The number of alkyl halides is 3. The molecule has 1 N–H and O–H groups in total. The summed E-state index contributed by atoms with van der Waals surface area (Å²) in [4.78, 5) is 11.4. The van der Waals surface area contributed by atoms with Crippen molar-refractivity contribution in [3.8, 4) is 0 Å². The van der Waals surface area contributed by atoms with Gasteiger partial charge >= 0.3 is 15.5 Å². The van der Waals surface area contributed by atoms with Crippen LogP contribution in [0.3, 0.4) is 0 Å². The van der Waals surface area contributed by atoms with Gasteiger partial charge in [0, 0.05) is 5.92 Å². The number of halogens is 3. The Labute approximate surface area is 97.6 Å². The van der Waals surface area contributed by atoms with E-state index in [1.807, 2.05) is 0 Å². The van der Waals surface area contributed by atoms with Crippen LogP contribution in [-0.4, -0.2) is 19.8 Å². The number of hydrogen-bond acceptors (Lipinski definition) is 3. The molecule has 0 saturated heterocycles. The molecule has 0 bridgehead atoms. The first kappa shape index (κ1) is 14.3. The highest BCUT2D eigenvalue weighted by atomic mass is 32.2. The predicted octanol–water partition coefficient (Wildman–Crippen LogP) is 1.92. The van der Waals surface area contributed by atoms with Gasteiger partial charge in [-0.1, -0.05) is 25.7 Å². The van der Waals surface area contributed by atoms with E-state index in [-0.39, 0.29) is 0 Å². The Morgan fingerprint density at radius 1 is 1.06 bits per heavy atom. The van der Waals surface area contributed by atoms with Crippen LogP contribution in [0.5, 0.6) is 0 Å². The number of amides is 1. The molecule has 0 atom stereocenters. The number of nitrogens with one attached hydrogen (secondary N) is 1. The second-order valence-corrected chi connectivity index (χ2v) is 5.78. The van der Waals surface area contributed by atoms with Crippen LogP contribution >= 0.6 is 0 Å². The molecular formula is C9H14F3NO3S. The molecule has 1 amide bonds. The first-order valence-corrected chi connectivity index (χ1v) is 6.85. The van der Waals surface area contributed by atoms with Gasteiger partial charge in [-0.15, -0.1) is 0 Å². The summed E-state index contributed by atoms with van der Waals surface area (Å²) in [6.07, 6.45) is 4.22. The summed E-state index contributed by atoms with van der Waals surface area (Å²) in [7, 11) is -5.56. The molecule has 0 heterocycles. The van der Waals surface area contributed by atoms with E-state index in [0.717, 1.165) is 30.4 Å². The summed E-state index contributed by atoms with van der Waals surface area (Å²) in [5, 5.41) is 0. The van der Waals surface area contributed by atoms with E-state index in [4.69, 9.17) is 0 Å². The van der Waals surface area contributed by atoms with E-state index in [1.54, 1.807) is 0 Å². The van der Waals surface area contributed by atoms with E-state index < -0.39 is 27.4 Å². The molecule has 1 aliphatic rings. The Kier molecular flexibility index (Phi) is 4.40. The molecule has 100 valence electrons. The van der Waals surface area contributed by atoms with Crippen molar-refractivity contribution < 1.29 is 26.4 Å². The van der Waals surface area contributed by atoms with Crippen molar-refractivity contribution in [2.24, 2.45) is 5.92 Å². The molecule has 0 spiro atoms. The summed E-state index contributed by atoms with van der Waals surface area (Å²) >= 11 is 0. The third-order valence-corrected chi connectivity index (χ3v) is 3.84. The van der Waals surface area contributed by atoms with Crippen LogP contribution in [0.4, 0.5) is 13.2 Å². The predicted molar refractivity (Wildman–Crippen MR) is 54.3 cm³/mol. The minimum Gasteiger partial charge on any atom is -0.274 e. The van der Waals surface area contributed by atoms with Crippen molar-refractivity contribution in [3.63, 3.8) is 0 Å². The lowest BCUT2D eigenvalue weighted by Crippen LogP contribution is -2.42.